The highest BCUT2D eigenvalue weighted by Crippen LogP contribution is 2.36. The van der Waals surface area contributed by atoms with E-state index in [1.54, 1.807) is 7.11 Å². The van der Waals surface area contributed by atoms with Gasteiger partial charge in [0.05, 0.1) is 19.3 Å². The van der Waals surface area contributed by atoms with E-state index in [4.69, 9.17) is 9.47 Å². The number of amides is 1. The van der Waals surface area contributed by atoms with Crippen LogP contribution in [0.15, 0.2) is 67.0 Å². The Balaban J connectivity index is 0.00000736. The van der Waals surface area contributed by atoms with Gasteiger partial charge in [-0.15, -0.1) is 0 Å². The molecule has 0 saturated carbocycles. The van der Waals surface area contributed by atoms with E-state index in [1.807, 2.05) is 53.2 Å². The first kappa shape index (κ1) is 39.6. The van der Waals surface area contributed by atoms with Crippen LogP contribution in [0.25, 0.3) is 0 Å². The molecule has 5 nitrogen and oxygen atoms in total. The van der Waals surface area contributed by atoms with Gasteiger partial charge in [0.25, 0.3) is 5.91 Å². The van der Waals surface area contributed by atoms with E-state index in [0.29, 0.717) is 31.0 Å². The fourth-order valence-electron chi connectivity index (χ4n) is 5.84. The van der Waals surface area contributed by atoms with Crippen molar-refractivity contribution in [3.05, 3.63) is 89.2 Å². The maximum absolute atomic E-state index is 14.1. The van der Waals surface area contributed by atoms with Gasteiger partial charge in [0.15, 0.2) is 12.4 Å². The van der Waals surface area contributed by atoms with Gasteiger partial charge in [0.1, 0.15) is 18.5 Å². The zero-order chi connectivity index (χ0) is 32.5. The van der Waals surface area contributed by atoms with E-state index < -0.39 is 0 Å². The Hall–Kier alpha value is -2.61. The van der Waals surface area contributed by atoms with Crippen molar-refractivity contribution in [1.29, 1.82) is 0 Å². The van der Waals surface area contributed by atoms with Gasteiger partial charge >= 0.3 is 0 Å². The number of carbonyl (C=O) groups is 1. The van der Waals surface area contributed by atoms with Gasteiger partial charge in [-0.1, -0.05) is 129 Å². The van der Waals surface area contributed by atoms with Gasteiger partial charge < -0.3 is 38.4 Å². The molecule has 0 aliphatic heterocycles. The summed E-state index contributed by atoms with van der Waals surface area (Å²) in [4.78, 5) is 16.0. The monoisotopic (exact) mass is 742 g/mol. The lowest BCUT2D eigenvalue weighted by Crippen LogP contribution is -3.00. The number of methoxy groups -OCH3 is 1. The standard InChI is InChI=1S/C40H59N2O3.HI/c1-7-8-9-10-11-12-13-14-15-16-17-20-30-45-38-34(22-21-24-36(38)40(2,3)4)32-42(31-33-26-28-41(5)29-27-33)39(43)35-23-18-19-25-37(35)44-6;/h18-19,21-29H,7-17,20,30-32H2,1-6H3;1H/q+1;/p-1. The van der Waals surface area contributed by atoms with Crippen molar-refractivity contribution in [3.8, 4) is 11.5 Å². The van der Waals surface area contributed by atoms with Crippen LogP contribution in [0.2, 0.25) is 0 Å². The first-order valence-electron chi connectivity index (χ1n) is 17.4. The summed E-state index contributed by atoms with van der Waals surface area (Å²) < 4.78 is 14.2. The Kier molecular flexibility index (Phi) is 18.3. The predicted molar refractivity (Wildman–Crippen MR) is 186 cm³/mol. The fraction of sp³-hybridized carbons (Fsp3) is 0.550. The minimum absolute atomic E-state index is 0. The molecule has 0 aliphatic rings. The number of hydrogen-bond donors (Lipinski definition) is 0. The van der Waals surface area contributed by atoms with E-state index in [9.17, 15) is 4.79 Å². The molecule has 0 unspecified atom stereocenters. The number of aryl methyl sites for hydroxylation is 1. The van der Waals surface area contributed by atoms with E-state index >= 15 is 0 Å². The fourth-order valence-corrected chi connectivity index (χ4v) is 5.84. The quantitative estimate of drug-likeness (QED) is 0.0732. The van der Waals surface area contributed by atoms with E-state index in [1.165, 1.54) is 76.2 Å². The molecule has 254 valence electrons. The highest BCUT2D eigenvalue weighted by molar-refractivity contribution is 5.97. The Morgan fingerprint density at radius 3 is 1.93 bits per heavy atom. The summed E-state index contributed by atoms with van der Waals surface area (Å²) in [6.07, 6.45) is 19.9. The highest BCUT2D eigenvalue weighted by atomic mass is 127. The lowest BCUT2D eigenvalue weighted by atomic mass is 9.85. The van der Waals surface area contributed by atoms with E-state index in [0.717, 1.165) is 23.3 Å². The van der Waals surface area contributed by atoms with Crippen molar-refractivity contribution in [2.24, 2.45) is 7.05 Å². The molecule has 0 fully saturated rings. The smallest absolute Gasteiger partial charge is 0.258 e. The second kappa shape index (κ2) is 21.3. The number of halogens is 1. The predicted octanol–water partition coefficient (Wildman–Crippen LogP) is 6.74. The topological polar surface area (TPSA) is 42.7 Å². The van der Waals surface area contributed by atoms with Crippen LogP contribution in [-0.4, -0.2) is 24.5 Å². The number of aromatic nitrogens is 1. The van der Waals surface area contributed by atoms with Crippen LogP contribution in [0.5, 0.6) is 11.5 Å². The largest absolute Gasteiger partial charge is 1.00 e. The molecule has 0 spiro atoms. The molecule has 1 amide bonds. The molecule has 46 heavy (non-hydrogen) atoms. The zero-order valence-corrected chi connectivity index (χ0v) is 31.6. The molecular formula is C40H59IN2O3. The summed E-state index contributed by atoms with van der Waals surface area (Å²) in [5.41, 5.74) is 3.75. The van der Waals surface area contributed by atoms with Crippen LogP contribution in [0.3, 0.4) is 0 Å². The minimum atomic E-state index is -0.0897. The third-order valence-electron chi connectivity index (χ3n) is 8.56. The SMILES string of the molecule is CCCCCCCCCCCCCCOc1c(CN(Cc2cc[n+](C)cc2)C(=O)c2ccccc2OC)cccc1C(C)(C)C.[I-]. The third kappa shape index (κ3) is 13.2. The number of carbonyl (C=O) groups excluding carboxylic acids is 1. The average Bonchev–Trinajstić information content (AvgIpc) is 3.03. The van der Waals surface area contributed by atoms with Crippen molar-refractivity contribution < 1.29 is 42.8 Å². The molecule has 0 N–H and O–H groups in total. The first-order chi connectivity index (χ1) is 21.7. The number of rotatable bonds is 20. The molecular weight excluding hydrogens is 683 g/mol. The molecule has 3 aromatic rings. The maximum Gasteiger partial charge on any atom is 0.258 e. The summed E-state index contributed by atoms with van der Waals surface area (Å²) in [6.45, 7) is 10.6. The van der Waals surface area contributed by atoms with Gasteiger partial charge in [-0.3, -0.25) is 4.79 Å². The number of benzene rings is 2. The molecule has 0 saturated heterocycles. The van der Waals surface area contributed by atoms with Crippen LogP contribution in [0.1, 0.15) is 132 Å². The molecule has 0 atom stereocenters. The Morgan fingerprint density at radius 1 is 0.761 bits per heavy atom. The van der Waals surface area contributed by atoms with Crippen molar-refractivity contribution in [2.75, 3.05) is 13.7 Å². The van der Waals surface area contributed by atoms with E-state index in [2.05, 4.69) is 58.0 Å². The summed E-state index contributed by atoms with van der Waals surface area (Å²) in [5, 5.41) is 0. The molecule has 1 heterocycles. The molecule has 2 aromatic carbocycles. The van der Waals surface area contributed by atoms with E-state index in [-0.39, 0.29) is 35.3 Å². The van der Waals surface area contributed by atoms with Crippen molar-refractivity contribution in [1.82, 2.24) is 4.90 Å². The second-order valence-corrected chi connectivity index (χ2v) is 13.5. The first-order valence-corrected chi connectivity index (χ1v) is 17.4. The summed E-state index contributed by atoms with van der Waals surface area (Å²) >= 11 is 0. The lowest BCUT2D eigenvalue weighted by molar-refractivity contribution is -0.671. The second-order valence-electron chi connectivity index (χ2n) is 13.5. The lowest BCUT2D eigenvalue weighted by Gasteiger charge is -2.28. The number of unbranched alkanes of at least 4 members (excludes halogenated alkanes) is 11. The van der Waals surface area contributed by atoms with Crippen molar-refractivity contribution >= 4 is 5.91 Å². The summed E-state index contributed by atoms with van der Waals surface area (Å²) in [7, 11) is 3.61. The molecule has 6 heteroatoms. The number of para-hydroxylation sites is 2. The number of ether oxygens (including phenoxy) is 2. The van der Waals surface area contributed by atoms with Gasteiger partial charge in [0.2, 0.25) is 0 Å². The van der Waals surface area contributed by atoms with Crippen molar-refractivity contribution in [3.63, 3.8) is 0 Å². The zero-order valence-electron chi connectivity index (χ0n) is 29.5. The summed E-state index contributed by atoms with van der Waals surface area (Å²) in [6, 6.07) is 18.0. The van der Waals surface area contributed by atoms with Crippen LogP contribution in [-0.2, 0) is 25.6 Å². The Labute approximate surface area is 297 Å². The highest BCUT2D eigenvalue weighted by Gasteiger charge is 2.25. The molecule has 1 aromatic heterocycles. The average molecular weight is 743 g/mol. The molecule has 0 aliphatic carbocycles. The number of nitrogens with zero attached hydrogens (tertiary/aromatic N) is 2. The summed E-state index contributed by atoms with van der Waals surface area (Å²) in [5.74, 6) is 1.44. The Morgan fingerprint density at radius 2 is 1.35 bits per heavy atom. The van der Waals surface area contributed by atoms with Gasteiger partial charge in [-0.05, 0) is 35.1 Å². The normalized spacial score (nSPS) is 11.2. The number of pyridine rings is 1. The molecule has 0 bridgehead atoms. The van der Waals surface area contributed by atoms with Gasteiger partial charge in [0, 0.05) is 30.8 Å². The van der Waals surface area contributed by atoms with Gasteiger partial charge in [-0.25, -0.2) is 4.57 Å². The van der Waals surface area contributed by atoms with Crippen LogP contribution in [0.4, 0.5) is 0 Å². The molecule has 0 radical (unpaired) electrons. The minimum Gasteiger partial charge on any atom is -1.00 e. The van der Waals surface area contributed by atoms with Gasteiger partial charge in [-0.2, -0.15) is 0 Å². The van der Waals surface area contributed by atoms with Crippen molar-refractivity contribution in [2.45, 2.75) is 123 Å². The van der Waals surface area contributed by atoms with Crippen LogP contribution >= 0.6 is 0 Å². The maximum atomic E-state index is 14.1. The van der Waals surface area contributed by atoms with Crippen LogP contribution in [0, 0.1) is 0 Å². The van der Waals surface area contributed by atoms with Crippen LogP contribution < -0.4 is 38.0 Å². The Bertz CT molecular complexity index is 1290. The third-order valence-corrected chi connectivity index (χ3v) is 8.56. The number of hydrogen-bond acceptors (Lipinski definition) is 3. The molecule has 3 rings (SSSR count).